The van der Waals surface area contributed by atoms with E-state index >= 15 is 0 Å². The van der Waals surface area contributed by atoms with Gasteiger partial charge in [0.25, 0.3) is 0 Å². The first-order chi connectivity index (χ1) is 59.6. The molecule has 8 fully saturated rings. The van der Waals surface area contributed by atoms with Crippen LogP contribution in [0.15, 0.2) is 388 Å². The highest BCUT2D eigenvalue weighted by Crippen LogP contribution is 2.72. The molecular weight excluding hydrogens is 1460 g/mol. The minimum absolute atomic E-state index is 0.0547. The molecule has 11 aliphatic carbocycles. The molecule has 0 N–H and O–H groups in total. The van der Waals surface area contributed by atoms with Gasteiger partial charge < -0.3 is 4.90 Å². The first-order valence-corrected chi connectivity index (χ1v) is 45.0. The molecule has 1 heteroatoms. The van der Waals surface area contributed by atoms with Gasteiger partial charge in [-0.05, 0) is 327 Å². The first-order valence-electron chi connectivity index (χ1n) is 45.0. The molecule has 1 unspecified atom stereocenters. The monoisotopic (exact) mass is 1550 g/mol. The second-order valence-corrected chi connectivity index (χ2v) is 37.8. The minimum Gasteiger partial charge on any atom is -0.310 e. The lowest BCUT2D eigenvalue weighted by Crippen LogP contribution is -2.55. The highest BCUT2D eigenvalue weighted by atomic mass is 15.1. The molecule has 8 saturated carbocycles. The Morgan fingerprint density at radius 3 is 0.917 bits per heavy atom. The fourth-order valence-electron chi connectivity index (χ4n) is 26.4. The molecule has 0 aromatic heterocycles. The van der Waals surface area contributed by atoms with Crippen LogP contribution in [0, 0.1) is 47.3 Å². The lowest BCUT2D eigenvalue weighted by atomic mass is 9.43. The fourth-order valence-corrected chi connectivity index (χ4v) is 26.4. The Balaban J connectivity index is 0.000000137. The van der Waals surface area contributed by atoms with E-state index < -0.39 is 0 Å². The van der Waals surface area contributed by atoms with E-state index in [4.69, 9.17) is 0 Å². The van der Waals surface area contributed by atoms with Gasteiger partial charge in [0.05, 0.1) is 0 Å². The molecule has 121 heavy (non-hydrogen) atoms. The molecule has 1 atom stereocenters. The SMILES string of the molecule is CC1(C)c2ccccc2-c2ccc(C(c3ccc(-c4ccccc4)cc3)c3ccc(-c4ccc(-c5ccc6c(c5)-c5ccccc5C65C6CC7CC(C6)CC5C7)cc4)cc3)cc21.c1ccc(-c2ccc(N(c3ccc(-c4ccccc4)cc3)c3cccc(-c4cccc(-c5ccc6c(c5)-c5ccccc5C65C6CC7CC(C6)CC5C7)c4)c3)cc2)cc1. The highest BCUT2D eigenvalue weighted by molar-refractivity contribution is 5.90. The van der Waals surface area contributed by atoms with Crippen molar-refractivity contribution >= 4 is 17.1 Å². The van der Waals surface area contributed by atoms with Crippen LogP contribution in [0.25, 0.3) is 111 Å². The molecule has 16 aromatic carbocycles. The van der Waals surface area contributed by atoms with Gasteiger partial charge in [-0.15, -0.1) is 0 Å². The normalized spacial score (nSPS) is 22.7. The highest BCUT2D eigenvalue weighted by Gasteiger charge is 2.63. The van der Waals surface area contributed by atoms with Crippen LogP contribution in [-0.4, -0.2) is 0 Å². The van der Waals surface area contributed by atoms with Crippen LogP contribution in [0.5, 0.6) is 0 Å². The van der Waals surface area contributed by atoms with Crippen molar-refractivity contribution in [2.24, 2.45) is 47.3 Å². The van der Waals surface area contributed by atoms with Crippen molar-refractivity contribution in [1.29, 1.82) is 0 Å². The maximum Gasteiger partial charge on any atom is 0.0467 e. The number of anilines is 3. The van der Waals surface area contributed by atoms with Crippen molar-refractivity contribution in [3.63, 3.8) is 0 Å². The Kier molecular flexibility index (Phi) is 17.2. The van der Waals surface area contributed by atoms with Crippen molar-refractivity contribution in [3.8, 4) is 111 Å². The van der Waals surface area contributed by atoms with E-state index in [0.29, 0.717) is 0 Å². The molecule has 0 saturated heterocycles. The Hall–Kier alpha value is -12.7. The Morgan fingerprint density at radius 1 is 0.198 bits per heavy atom. The maximum atomic E-state index is 2.55. The minimum atomic E-state index is -0.0547. The third-order valence-electron chi connectivity index (χ3n) is 31.3. The van der Waals surface area contributed by atoms with Gasteiger partial charge in [0, 0.05) is 39.2 Å². The molecule has 0 aliphatic heterocycles. The molecule has 0 amide bonds. The predicted octanol–water partition coefficient (Wildman–Crippen LogP) is 31.4. The van der Waals surface area contributed by atoms with E-state index in [9.17, 15) is 0 Å². The van der Waals surface area contributed by atoms with Crippen molar-refractivity contribution in [2.75, 3.05) is 4.90 Å². The average Bonchev–Trinajstić information content (AvgIpc) is 1.53. The van der Waals surface area contributed by atoms with Gasteiger partial charge in [0.1, 0.15) is 0 Å². The van der Waals surface area contributed by atoms with Gasteiger partial charge in [-0.3, -0.25) is 0 Å². The second-order valence-electron chi connectivity index (χ2n) is 37.8. The van der Waals surface area contributed by atoms with Gasteiger partial charge >= 0.3 is 0 Å². The summed E-state index contributed by atoms with van der Waals surface area (Å²) in [6.45, 7) is 4.76. The van der Waals surface area contributed by atoms with Crippen molar-refractivity contribution in [2.45, 2.75) is 100 Å². The van der Waals surface area contributed by atoms with Crippen LogP contribution in [0.2, 0.25) is 0 Å². The Bertz CT molecular complexity index is 6510. The van der Waals surface area contributed by atoms with E-state index in [-0.39, 0.29) is 22.2 Å². The van der Waals surface area contributed by atoms with Crippen LogP contribution < -0.4 is 4.90 Å². The zero-order valence-corrected chi connectivity index (χ0v) is 69.2. The summed E-state index contributed by atoms with van der Waals surface area (Å²) in [5.74, 6) is 7.09. The van der Waals surface area contributed by atoms with Crippen LogP contribution in [0.1, 0.15) is 134 Å². The number of benzene rings is 16. The van der Waals surface area contributed by atoms with E-state index in [1.807, 2.05) is 0 Å². The molecular formula is C120H99N. The molecule has 16 aromatic rings. The summed E-state index contributed by atoms with van der Waals surface area (Å²) in [6.07, 6.45) is 14.3. The van der Waals surface area contributed by atoms with Crippen molar-refractivity contribution in [3.05, 3.63) is 438 Å². The molecule has 584 valence electrons. The zero-order chi connectivity index (χ0) is 80.1. The fraction of sp³-hybridized carbons (Fsp3) is 0.200. The van der Waals surface area contributed by atoms with Gasteiger partial charge in [-0.1, -0.05) is 347 Å². The second kappa shape index (κ2) is 28.8. The zero-order valence-electron chi connectivity index (χ0n) is 69.2. The summed E-state index contributed by atoms with van der Waals surface area (Å²) < 4.78 is 0. The van der Waals surface area contributed by atoms with Crippen LogP contribution in [-0.2, 0) is 16.2 Å². The summed E-state index contributed by atoms with van der Waals surface area (Å²) in [7, 11) is 0. The number of nitrogens with zero attached hydrogens (tertiary/aromatic N) is 1. The molecule has 0 radical (unpaired) electrons. The Morgan fingerprint density at radius 2 is 0.488 bits per heavy atom. The lowest BCUT2D eigenvalue weighted by molar-refractivity contribution is -0.0399. The van der Waals surface area contributed by atoms with E-state index in [1.165, 1.54) is 203 Å². The van der Waals surface area contributed by atoms with Crippen LogP contribution in [0.4, 0.5) is 17.1 Å². The third kappa shape index (κ3) is 11.8. The molecule has 0 heterocycles. The predicted molar refractivity (Wildman–Crippen MR) is 504 cm³/mol. The standard InChI is InChI=1S/C62H52.C58H47N/c1-61(2)56-14-8-6-12-52(56)54-30-28-49(38-59(54)61)60(46-24-20-42(21-25-46)41-10-4-3-5-11-41)47-26-22-44(23-27-47)43-16-18-45(19-17-43)48-29-31-58-55(37-48)53-13-7-9-15-57(53)62(58)50-33-39-32-40(35-50)36-51(62)34-39;1-3-11-41(12-4-1)43-21-26-51(27-22-43)59(52-28-23-44(24-29-52)42-13-5-2-6-14-42)53-18-10-17-47(37-53)45-15-9-16-46(36-45)48-25-30-57-55(38-48)54-19-7-8-20-56(54)58(57)49-32-39-31-40(34-49)35-50(58)33-39/h3-31,37-40,50-51,60H,32-36H2,1-2H3;1-30,36-40,49-50H,31-35H2. The van der Waals surface area contributed by atoms with Gasteiger partial charge in [0.2, 0.25) is 0 Å². The topological polar surface area (TPSA) is 3.24 Å². The smallest absolute Gasteiger partial charge is 0.0467 e. The molecule has 2 spiro atoms. The molecule has 27 rings (SSSR count). The summed E-state index contributed by atoms with van der Waals surface area (Å²) in [5, 5.41) is 0. The molecule has 1 nitrogen and oxygen atoms in total. The summed E-state index contributed by atoms with van der Waals surface area (Å²) in [4.78, 5) is 2.38. The summed E-state index contributed by atoms with van der Waals surface area (Å²) in [6, 6.07) is 146. The first kappa shape index (κ1) is 72.3. The van der Waals surface area contributed by atoms with E-state index in [2.05, 4.69) is 407 Å². The lowest BCUT2D eigenvalue weighted by Gasteiger charge is -2.61. The third-order valence-corrected chi connectivity index (χ3v) is 31.3. The number of rotatable bonds is 13. The molecule has 8 bridgehead atoms. The molecule has 11 aliphatic rings. The van der Waals surface area contributed by atoms with Gasteiger partial charge in [-0.2, -0.15) is 0 Å². The Labute approximate surface area is 714 Å². The average molecular weight is 1560 g/mol. The largest absolute Gasteiger partial charge is 0.310 e. The maximum absolute atomic E-state index is 2.55. The number of hydrogen-bond donors (Lipinski definition) is 0. The van der Waals surface area contributed by atoms with E-state index in [1.54, 1.807) is 22.3 Å². The summed E-state index contributed by atoms with van der Waals surface area (Å²) >= 11 is 0. The quantitative estimate of drug-likeness (QED) is 0.104. The number of fused-ring (bicyclic) bond motifs is 9. The van der Waals surface area contributed by atoms with Crippen LogP contribution in [0.3, 0.4) is 0 Å². The van der Waals surface area contributed by atoms with Gasteiger partial charge in [0.15, 0.2) is 0 Å². The van der Waals surface area contributed by atoms with E-state index in [0.717, 1.165) is 64.4 Å². The summed E-state index contributed by atoms with van der Waals surface area (Å²) in [5.41, 5.74) is 43.2. The van der Waals surface area contributed by atoms with Crippen molar-refractivity contribution < 1.29 is 0 Å². The van der Waals surface area contributed by atoms with Gasteiger partial charge in [-0.25, -0.2) is 0 Å². The number of hydrogen-bond acceptors (Lipinski definition) is 1. The van der Waals surface area contributed by atoms with Crippen molar-refractivity contribution in [1.82, 2.24) is 0 Å². The van der Waals surface area contributed by atoms with Crippen LogP contribution >= 0.6 is 0 Å².